The van der Waals surface area contributed by atoms with Crippen LogP contribution in [0.2, 0.25) is 0 Å². The maximum atomic E-state index is 11.2. The monoisotopic (exact) mass is 195 g/mol. The van der Waals surface area contributed by atoms with E-state index in [-0.39, 0.29) is 5.69 Å². The summed E-state index contributed by atoms with van der Waals surface area (Å²) < 4.78 is 15.3. The van der Waals surface area contributed by atoms with Crippen molar-refractivity contribution in [1.29, 1.82) is 0 Å². The number of nitrogens with zero attached hydrogens (tertiary/aromatic N) is 1. The lowest BCUT2D eigenvalue weighted by Gasteiger charge is -1.84. The molecular weight excluding hydrogens is 190 g/mol. The summed E-state index contributed by atoms with van der Waals surface area (Å²) in [4.78, 5) is 10.6. The molecule has 2 aromatic rings. The van der Waals surface area contributed by atoms with Crippen molar-refractivity contribution < 1.29 is 14.5 Å². The number of carbonyl (C=O) groups is 1. The number of hydrogen-bond donors (Lipinski definition) is 1. The van der Waals surface area contributed by atoms with Crippen molar-refractivity contribution in [2.45, 2.75) is 0 Å². The fourth-order valence-electron chi connectivity index (χ4n) is 1.15. The molecule has 66 valence electrons. The first-order valence-corrected chi connectivity index (χ1v) is 4.64. The Morgan fingerprint density at radius 3 is 2.85 bits per heavy atom. The molecule has 1 atom stereocenters. The Labute approximate surface area is 76.4 Å². The summed E-state index contributed by atoms with van der Waals surface area (Å²) in [5.41, 5.74) is -0.117. The van der Waals surface area contributed by atoms with E-state index in [1.165, 1.54) is 0 Å². The summed E-state index contributed by atoms with van der Waals surface area (Å²) in [6.07, 6.45) is 0. The summed E-state index contributed by atoms with van der Waals surface area (Å²) >= 11 is 0. The largest absolute Gasteiger partial charge is 0.568 e. The van der Waals surface area contributed by atoms with E-state index in [1.807, 2.05) is 0 Å². The van der Waals surface area contributed by atoms with Crippen LogP contribution in [-0.4, -0.2) is 20.0 Å². The summed E-state index contributed by atoms with van der Waals surface area (Å²) in [7, 11) is -1.54. The third-order valence-electron chi connectivity index (χ3n) is 1.71. The van der Waals surface area contributed by atoms with Crippen LogP contribution < -0.4 is 0 Å². The van der Waals surface area contributed by atoms with Crippen LogP contribution in [-0.2, 0) is 0 Å². The molecule has 4 nitrogen and oxygen atoms in total. The first-order valence-electron chi connectivity index (χ1n) is 3.53. The lowest BCUT2D eigenvalue weighted by Crippen LogP contribution is -1.96. The molecule has 1 N–H and O–H groups in total. The van der Waals surface area contributed by atoms with Crippen LogP contribution in [0.5, 0.6) is 0 Å². The van der Waals surface area contributed by atoms with Crippen LogP contribution in [0, 0.1) is 0 Å². The summed E-state index contributed by atoms with van der Waals surface area (Å²) in [6, 6.07) is 6.62. The van der Waals surface area contributed by atoms with Gasteiger partial charge in [-0.25, -0.2) is 4.79 Å². The van der Waals surface area contributed by atoms with E-state index in [0.717, 1.165) is 0 Å². The van der Waals surface area contributed by atoms with Gasteiger partial charge >= 0.3 is 5.97 Å². The van der Waals surface area contributed by atoms with Gasteiger partial charge in [-0.1, -0.05) is 12.1 Å². The van der Waals surface area contributed by atoms with E-state index in [2.05, 4.69) is 4.37 Å². The molecule has 0 aliphatic rings. The molecule has 0 aliphatic carbocycles. The molecule has 0 saturated heterocycles. The Bertz CT molecular complexity index is 477. The summed E-state index contributed by atoms with van der Waals surface area (Å²) in [5.74, 6) is -1.14. The van der Waals surface area contributed by atoms with Gasteiger partial charge in [-0.3, -0.25) is 0 Å². The van der Waals surface area contributed by atoms with Crippen molar-refractivity contribution in [3.63, 3.8) is 0 Å². The second kappa shape index (κ2) is 2.79. The predicted molar refractivity (Wildman–Crippen MR) is 47.4 cm³/mol. The fraction of sp³-hybridized carbons (Fsp3) is 0. The maximum absolute atomic E-state index is 11.2. The van der Waals surface area contributed by atoms with Crippen molar-refractivity contribution in [2.75, 3.05) is 0 Å². The highest BCUT2D eigenvalue weighted by molar-refractivity contribution is 7.26. The topological polar surface area (TPSA) is 73.2 Å². The van der Waals surface area contributed by atoms with Gasteiger partial charge in [-0.2, -0.15) is 0 Å². The van der Waals surface area contributed by atoms with Crippen LogP contribution in [0.4, 0.5) is 0 Å². The average Bonchev–Trinajstić information content (AvgIpc) is 2.45. The summed E-state index contributed by atoms with van der Waals surface area (Å²) in [6.45, 7) is 0. The van der Waals surface area contributed by atoms with E-state index < -0.39 is 16.9 Å². The Hall–Kier alpha value is -1.46. The van der Waals surface area contributed by atoms with Gasteiger partial charge < -0.3 is 9.66 Å². The quantitative estimate of drug-likeness (QED) is 0.702. The first kappa shape index (κ1) is 8.15. The van der Waals surface area contributed by atoms with Crippen molar-refractivity contribution in [3.8, 4) is 0 Å². The first-order chi connectivity index (χ1) is 6.20. The van der Waals surface area contributed by atoms with E-state index in [1.54, 1.807) is 24.3 Å². The predicted octanol–water partition coefficient (Wildman–Crippen LogP) is 1.66. The molecule has 1 aromatic carbocycles. The molecule has 0 fully saturated rings. The number of aromatic nitrogens is 1. The smallest absolute Gasteiger partial charge is 0.360 e. The Balaban J connectivity index is 2.85. The lowest BCUT2D eigenvalue weighted by atomic mass is 10.2. The van der Waals surface area contributed by atoms with E-state index in [9.17, 15) is 9.35 Å². The van der Waals surface area contributed by atoms with Crippen molar-refractivity contribution in [1.82, 2.24) is 4.37 Å². The number of aromatic carboxylic acids is 1. The van der Waals surface area contributed by atoms with Crippen molar-refractivity contribution in [2.24, 2.45) is 0 Å². The second-order valence-corrected chi connectivity index (χ2v) is 3.61. The highest BCUT2D eigenvalue weighted by Gasteiger charge is 2.19. The third kappa shape index (κ3) is 1.18. The van der Waals surface area contributed by atoms with E-state index in [4.69, 9.17) is 5.11 Å². The summed E-state index contributed by atoms with van der Waals surface area (Å²) in [5, 5.41) is 9.16. The molecule has 0 radical (unpaired) electrons. The highest BCUT2D eigenvalue weighted by atomic mass is 32.2. The molecule has 0 aliphatic heterocycles. The highest BCUT2D eigenvalue weighted by Crippen LogP contribution is 2.28. The molecule has 1 aromatic heterocycles. The normalized spacial score (nSPS) is 11.9. The minimum atomic E-state index is -1.54. The van der Waals surface area contributed by atoms with Crippen LogP contribution in [0.3, 0.4) is 0 Å². The SMILES string of the molecule is O=C(O)c1n[s+]([O-])c2ccccc12. The molecule has 0 amide bonds. The van der Waals surface area contributed by atoms with Gasteiger partial charge in [0.15, 0.2) is 0 Å². The van der Waals surface area contributed by atoms with Gasteiger partial charge in [-0.15, -0.1) is 0 Å². The Kier molecular flexibility index (Phi) is 1.75. The zero-order chi connectivity index (χ0) is 9.42. The van der Waals surface area contributed by atoms with Crippen LogP contribution in [0.15, 0.2) is 24.3 Å². The van der Waals surface area contributed by atoms with Gasteiger partial charge in [0.25, 0.3) is 0 Å². The molecular formula is C8H5NO3S. The zero-order valence-electron chi connectivity index (χ0n) is 6.43. The number of hydrogen-bond acceptors (Lipinski definition) is 3. The molecule has 5 heteroatoms. The minimum absolute atomic E-state index is 0.117. The standard InChI is InChI=1S/C8H5NO3S/c10-8(11)7-5-3-1-2-4-6(5)13(12)9-7/h1-4H,(H,10,11). The van der Waals surface area contributed by atoms with Crippen LogP contribution in [0.1, 0.15) is 10.5 Å². The van der Waals surface area contributed by atoms with Crippen molar-refractivity contribution in [3.05, 3.63) is 30.0 Å². The second-order valence-electron chi connectivity index (χ2n) is 2.49. The molecule has 13 heavy (non-hydrogen) atoms. The van der Waals surface area contributed by atoms with Gasteiger partial charge in [0, 0.05) is 6.07 Å². The lowest BCUT2D eigenvalue weighted by molar-refractivity contribution is 0.0694. The van der Waals surface area contributed by atoms with Crippen LogP contribution in [0.25, 0.3) is 10.1 Å². The number of benzene rings is 1. The zero-order valence-corrected chi connectivity index (χ0v) is 7.25. The molecule has 0 spiro atoms. The van der Waals surface area contributed by atoms with Gasteiger partial charge in [0.1, 0.15) is 0 Å². The molecule has 1 heterocycles. The minimum Gasteiger partial charge on any atom is -0.568 e. The maximum Gasteiger partial charge on any atom is 0.360 e. The molecule has 2 rings (SSSR count). The van der Waals surface area contributed by atoms with Crippen LogP contribution >= 0.6 is 10.9 Å². The number of carboxylic acid groups (broad SMARTS) is 1. The van der Waals surface area contributed by atoms with Gasteiger partial charge in [-0.05, 0) is 10.4 Å². The van der Waals surface area contributed by atoms with Gasteiger partial charge in [0.2, 0.25) is 10.4 Å². The number of rotatable bonds is 1. The van der Waals surface area contributed by atoms with Crippen molar-refractivity contribution >= 4 is 27.0 Å². The molecule has 0 saturated carbocycles. The Morgan fingerprint density at radius 1 is 1.46 bits per heavy atom. The number of fused-ring (bicyclic) bond motifs is 1. The fourth-order valence-corrected chi connectivity index (χ4v) is 2.14. The molecule has 1 unspecified atom stereocenters. The Morgan fingerprint density at radius 2 is 2.15 bits per heavy atom. The van der Waals surface area contributed by atoms with E-state index >= 15 is 0 Å². The van der Waals surface area contributed by atoms with E-state index in [0.29, 0.717) is 10.1 Å². The van der Waals surface area contributed by atoms with Gasteiger partial charge in [0.05, 0.1) is 16.3 Å². The molecule has 0 bridgehead atoms. The average molecular weight is 195 g/mol. The number of carboxylic acids is 1. The third-order valence-corrected chi connectivity index (χ3v) is 2.79.